The lowest BCUT2D eigenvalue weighted by molar-refractivity contribution is 0.342. The van der Waals surface area contributed by atoms with Crippen molar-refractivity contribution in [1.82, 2.24) is 0 Å². The fourth-order valence-electron chi connectivity index (χ4n) is 3.84. The molecule has 1 aliphatic carbocycles. The first-order valence-electron chi connectivity index (χ1n) is 8.36. The number of rotatable bonds is 1. The largest absolute Gasteiger partial charge is 0.450 e. The highest BCUT2D eigenvalue weighted by Crippen LogP contribution is 2.40. The van der Waals surface area contributed by atoms with Crippen molar-refractivity contribution < 1.29 is 14.6 Å². The van der Waals surface area contributed by atoms with Crippen molar-refractivity contribution in [2.45, 2.75) is 45.4 Å². The molecule has 0 bridgehead atoms. The van der Waals surface area contributed by atoms with E-state index in [1.54, 1.807) is 19.1 Å². The molecule has 0 N–H and O–H groups in total. The minimum Gasteiger partial charge on any atom is -0.450 e. The second-order valence-electron chi connectivity index (χ2n) is 6.98. The van der Waals surface area contributed by atoms with E-state index in [9.17, 15) is 4.39 Å². The van der Waals surface area contributed by atoms with Gasteiger partial charge < -0.3 is 4.42 Å². The Morgan fingerprint density at radius 2 is 1.52 bits per heavy atom. The third-order valence-electron chi connectivity index (χ3n) is 5.37. The van der Waals surface area contributed by atoms with E-state index in [0.717, 1.165) is 37.2 Å². The molecule has 1 nitrogen and oxygen atoms in total. The molecule has 3 heteroatoms. The first-order valence-corrected chi connectivity index (χ1v) is 8.36. The van der Waals surface area contributed by atoms with Gasteiger partial charge in [0.1, 0.15) is 0 Å². The first kappa shape index (κ1) is 14.7. The molecule has 2 aromatic carbocycles. The molecule has 23 heavy (non-hydrogen) atoms. The summed E-state index contributed by atoms with van der Waals surface area (Å²) in [6.45, 7) is 3.94. The van der Waals surface area contributed by atoms with Crippen LogP contribution < -0.4 is 0 Å². The van der Waals surface area contributed by atoms with E-state index in [1.807, 2.05) is 12.1 Å². The van der Waals surface area contributed by atoms with E-state index in [-0.39, 0.29) is 24.3 Å². The Morgan fingerprint density at radius 1 is 0.913 bits per heavy atom. The van der Waals surface area contributed by atoms with Crippen molar-refractivity contribution in [3.05, 3.63) is 47.0 Å². The van der Waals surface area contributed by atoms with Crippen LogP contribution in [0.15, 0.2) is 28.7 Å². The Kier molecular flexibility index (Phi) is 3.40. The summed E-state index contributed by atoms with van der Waals surface area (Å²) in [5.74, 6) is 0.262. The number of hydrogen-bond donors (Lipinski definition) is 0. The molecule has 0 saturated heterocycles. The molecule has 4 rings (SSSR count). The van der Waals surface area contributed by atoms with Gasteiger partial charge in [0, 0.05) is 12.2 Å². The monoisotopic (exact) mass is 316 g/mol. The summed E-state index contributed by atoms with van der Waals surface area (Å²) in [5, 5.41) is 1.30. The van der Waals surface area contributed by atoms with Gasteiger partial charge in [-0.05, 0) is 48.8 Å². The van der Waals surface area contributed by atoms with Crippen LogP contribution in [-0.4, -0.2) is 0 Å². The lowest BCUT2D eigenvalue weighted by Gasteiger charge is -2.26. The summed E-state index contributed by atoms with van der Waals surface area (Å²) < 4.78 is 34.9. The van der Waals surface area contributed by atoms with Crippen molar-refractivity contribution >= 4 is 21.9 Å². The SMILES string of the molecule is Cc1ccc2c(oc3c(F)c(C4CCC(C)CC4)ccc32)c1F.[HH]. The minimum atomic E-state index is -0.397. The number of halogens is 2. The topological polar surface area (TPSA) is 13.1 Å². The molecular formula is C20H22F2O. The Morgan fingerprint density at radius 3 is 2.22 bits per heavy atom. The van der Waals surface area contributed by atoms with Gasteiger partial charge in [0.15, 0.2) is 22.8 Å². The summed E-state index contributed by atoms with van der Waals surface area (Å²) >= 11 is 0. The van der Waals surface area contributed by atoms with Gasteiger partial charge in [0.2, 0.25) is 0 Å². The zero-order valence-electron chi connectivity index (χ0n) is 13.5. The lowest BCUT2D eigenvalue weighted by Crippen LogP contribution is -2.12. The normalized spacial score (nSPS) is 22.1. The molecule has 0 radical (unpaired) electrons. The predicted octanol–water partition coefficient (Wildman–Crippen LogP) is 6.71. The van der Waals surface area contributed by atoms with Crippen LogP contribution in [0.3, 0.4) is 0 Å². The summed E-state index contributed by atoms with van der Waals surface area (Å²) in [6, 6.07) is 7.26. The zero-order valence-corrected chi connectivity index (χ0v) is 13.5. The summed E-state index contributed by atoms with van der Waals surface area (Å²) in [7, 11) is 0. The van der Waals surface area contributed by atoms with Gasteiger partial charge in [-0.3, -0.25) is 0 Å². The second kappa shape index (κ2) is 5.33. The van der Waals surface area contributed by atoms with Gasteiger partial charge in [0.25, 0.3) is 0 Å². The third-order valence-corrected chi connectivity index (χ3v) is 5.37. The van der Waals surface area contributed by atoms with Crippen molar-refractivity contribution in [2.24, 2.45) is 5.92 Å². The van der Waals surface area contributed by atoms with E-state index >= 15 is 4.39 Å². The molecule has 3 aromatic rings. The lowest BCUT2D eigenvalue weighted by atomic mass is 9.79. The highest BCUT2D eigenvalue weighted by Gasteiger charge is 2.25. The van der Waals surface area contributed by atoms with Crippen LogP contribution in [0.2, 0.25) is 0 Å². The van der Waals surface area contributed by atoms with Crippen LogP contribution in [0.5, 0.6) is 0 Å². The smallest absolute Gasteiger partial charge is 0.171 e. The molecule has 122 valence electrons. The molecule has 0 spiro atoms. The number of benzene rings is 2. The van der Waals surface area contributed by atoms with Crippen LogP contribution >= 0.6 is 0 Å². The maximum absolute atomic E-state index is 15.0. The molecule has 0 unspecified atom stereocenters. The van der Waals surface area contributed by atoms with Crippen molar-refractivity contribution in [3.8, 4) is 0 Å². The Hall–Kier alpha value is -1.90. The van der Waals surface area contributed by atoms with Gasteiger partial charge in [-0.25, -0.2) is 8.78 Å². The fourth-order valence-corrected chi connectivity index (χ4v) is 3.84. The molecular weight excluding hydrogens is 294 g/mol. The summed E-state index contributed by atoms with van der Waals surface area (Å²) in [6.07, 6.45) is 4.29. The maximum Gasteiger partial charge on any atom is 0.171 e. The average Bonchev–Trinajstić information content (AvgIpc) is 2.93. The molecule has 1 saturated carbocycles. The highest BCUT2D eigenvalue weighted by atomic mass is 19.1. The summed E-state index contributed by atoms with van der Waals surface area (Å²) in [4.78, 5) is 0. The molecule has 0 aliphatic heterocycles. The van der Waals surface area contributed by atoms with Crippen LogP contribution in [0.25, 0.3) is 21.9 Å². The first-order chi connectivity index (χ1) is 11.1. The van der Waals surface area contributed by atoms with E-state index in [4.69, 9.17) is 4.42 Å². The fraction of sp³-hybridized carbons (Fsp3) is 0.400. The average molecular weight is 316 g/mol. The maximum atomic E-state index is 15.0. The molecule has 1 aromatic heterocycles. The van der Waals surface area contributed by atoms with Gasteiger partial charge in [0.05, 0.1) is 0 Å². The Balaban J connectivity index is 0.00000169. The van der Waals surface area contributed by atoms with E-state index in [2.05, 4.69) is 6.92 Å². The third kappa shape index (κ3) is 2.25. The molecule has 1 heterocycles. The van der Waals surface area contributed by atoms with Gasteiger partial charge in [-0.15, -0.1) is 0 Å². The standard InChI is InChI=1S/C20H20F2O.H2/c1-11-3-6-13(7-4-11)14-9-10-16-15-8-5-12(2)17(21)19(15)23-20(16)18(14)22;/h5,8-11,13H,3-4,6-7H2,1-2H3;1H. The van der Waals surface area contributed by atoms with Crippen LogP contribution in [0.1, 0.15) is 51.1 Å². The Labute approximate surface area is 135 Å². The Bertz CT molecular complexity index is 892. The molecule has 1 fully saturated rings. The number of fused-ring (bicyclic) bond motifs is 3. The van der Waals surface area contributed by atoms with Crippen molar-refractivity contribution in [3.63, 3.8) is 0 Å². The van der Waals surface area contributed by atoms with E-state index in [0.29, 0.717) is 16.3 Å². The predicted molar refractivity (Wildman–Crippen MR) is 90.9 cm³/mol. The van der Waals surface area contributed by atoms with Gasteiger partial charge >= 0.3 is 0 Å². The number of hydrogen-bond acceptors (Lipinski definition) is 1. The van der Waals surface area contributed by atoms with Crippen LogP contribution in [-0.2, 0) is 0 Å². The van der Waals surface area contributed by atoms with Crippen LogP contribution in [0, 0.1) is 24.5 Å². The molecule has 0 amide bonds. The molecule has 0 atom stereocenters. The number of furan rings is 1. The van der Waals surface area contributed by atoms with Crippen LogP contribution in [0.4, 0.5) is 8.78 Å². The number of aryl methyl sites for hydroxylation is 1. The highest BCUT2D eigenvalue weighted by molar-refractivity contribution is 6.05. The molecule has 1 aliphatic rings. The van der Waals surface area contributed by atoms with Gasteiger partial charge in [-0.1, -0.05) is 38.0 Å². The van der Waals surface area contributed by atoms with Crippen molar-refractivity contribution in [1.29, 1.82) is 0 Å². The van der Waals surface area contributed by atoms with E-state index < -0.39 is 5.82 Å². The second-order valence-corrected chi connectivity index (χ2v) is 6.98. The minimum absolute atomic E-state index is 0. The summed E-state index contributed by atoms with van der Waals surface area (Å²) in [5.41, 5.74) is 1.59. The quantitative estimate of drug-likeness (QED) is 0.486. The van der Waals surface area contributed by atoms with E-state index in [1.165, 1.54) is 0 Å². The zero-order chi connectivity index (χ0) is 16.1. The van der Waals surface area contributed by atoms with Crippen molar-refractivity contribution in [2.75, 3.05) is 0 Å². The van der Waals surface area contributed by atoms with Gasteiger partial charge in [-0.2, -0.15) is 0 Å².